The van der Waals surface area contributed by atoms with Crippen LogP contribution in [0.4, 0.5) is 13.2 Å². The molecule has 1 heterocycles. The molecular formula is C12H10F3N2O. The molecule has 0 spiro atoms. The van der Waals surface area contributed by atoms with Gasteiger partial charge in [0.15, 0.2) is 0 Å². The van der Waals surface area contributed by atoms with E-state index in [0.29, 0.717) is 10.9 Å². The number of rotatable bonds is 3. The average molecular weight is 255 g/mol. The van der Waals surface area contributed by atoms with Crippen molar-refractivity contribution in [3.8, 4) is 0 Å². The standard InChI is InChI=1S/C12H10F3N2O/c13-12(14,15)6-5-8-7-3-1-2-4-9(7)17-10(8)11(16)18/h1-4,6,17H,5H2,(H2,16,18). The van der Waals surface area contributed by atoms with Crippen molar-refractivity contribution in [3.05, 3.63) is 41.9 Å². The van der Waals surface area contributed by atoms with Gasteiger partial charge < -0.3 is 10.7 Å². The number of halogens is 3. The molecule has 0 aliphatic heterocycles. The normalized spacial score (nSPS) is 11.9. The highest BCUT2D eigenvalue weighted by molar-refractivity contribution is 6.00. The summed E-state index contributed by atoms with van der Waals surface area (Å²) in [6.45, 7) is 0. The number of carbonyl (C=O) groups excluding carboxylic acids is 1. The number of para-hydroxylation sites is 1. The zero-order valence-electron chi connectivity index (χ0n) is 9.21. The minimum absolute atomic E-state index is 0.0247. The Kier molecular flexibility index (Phi) is 3.02. The average Bonchev–Trinajstić information content (AvgIpc) is 2.64. The van der Waals surface area contributed by atoms with Crippen LogP contribution in [-0.2, 0) is 6.42 Å². The largest absolute Gasteiger partial charge is 0.392 e. The van der Waals surface area contributed by atoms with Gasteiger partial charge in [0.05, 0.1) is 6.42 Å². The van der Waals surface area contributed by atoms with E-state index in [1.54, 1.807) is 24.3 Å². The monoisotopic (exact) mass is 255 g/mol. The third-order valence-corrected chi connectivity index (χ3v) is 2.60. The van der Waals surface area contributed by atoms with Gasteiger partial charge in [0.1, 0.15) is 5.69 Å². The lowest BCUT2D eigenvalue weighted by molar-refractivity contribution is -0.0973. The van der Waals surface area contributed by atoms with Crippen LogP contribution in [0.2, 0.25) is 0 Å². The number of primary amides is 1. The minimum Gasteiger partial charge on any atom is -0.364 e. The summed E-state index contributed by atoms with van der Waals surface area (Å²) in [6, 6.07) is 6.75. The molecule has 0 saturated heterocycles. The first-order valence-corrected chi connectivity index (χ1v) is 5.19. The second-order valence-corrected chi connectivity index (χ2v) is 3.84. The Morgan fingerprint density at radius 3 is 2.61 bits per heavy atom. The van der Waals surface area contributed by atoms with E-state index in [-0.39, 0.29) is 24.1 Å². The van der Waals surface area contributed by atoms with Crippen LogP contribution in [0.1, 0.15) is 16.1 Å². The van der Waals surface area contributed by atoms with E-state index in [2.05, 4.69) is 4.98 Å². The summed E-state index contributed by atoms with van der Waals surface area (Å²) in [5.74, 6) is -0.767. The van der Waals surface area contributed by atoms with Crippen LogP contribution in [-0.4, -0.2) is 17.1 Å². The van der Waals surface area contributed by atoms with Gasteiger partial charge in [0, 0.05) is 10.9 Å². The molecule has 0 aliphatic rings. The van der Waals surface area contributed by atoms with Crippen molar-refractivity contribution in [3.63, 3.8) is 0 Å². The molecule has 2 aromatic rings. The molecule has 3 N–H and O–H groups in total. The maximum atomic E-state index is 12.2. The van der Waals surface area contributed by atoms with Crippen molar-refractivity contribution in [1.82, 2.24) is 4.98 Å². The molecule has 0 fully saturated rings. The number of fused-ring (bicyclic) bond motifs is 1. The fourth-order valence-electron chi connectivity index (χ4n) is 1.84. The van der Waals surface area contributed by atoms with Crippen molar-refractivity contribution < 1.29 is 18.0 Å². The Bertz CT molecular complexity index is 587. The molecule has 0 bridgehead atoms. The van der Waals surface area contributed by atoms with Crippen LogP contribution >= 0.6 is 0 Å². The van der Waals surface area contributed by atoms with Crippen LogP contribution in [0.5, 0.6) is 0 Å². The zero-order valence-corrected chi connectivity index (χ0v) is 9.21. The maximum absolute atomic E-state index is 12.2. The summed E-state index contributed by atoms with van der Waals surface area (Å²) in [5.41, 5.74) is 6.05. The van der Waals surface area contributed by atoms with Gasteiger partial charge in [0.2, 0.25) is 0 Å². The lowest BCUT2D eigenvalue weighted by Crippen LogP contribution is -2.16. The lowest BCUT2D eigenvalue weighted by atomic mass is 10.0. The number of hydrogen-bond acceptors (Lipinski definition) is 1. The van der Waals surface area contributed by atoms with Gasteiger partial charge >= 0.3 is 6.18 Å². The number of H-pyrrole nitrogens is 1. The number of aromatic amines is 1. The topological polar surface area (TPSA) is 58.9 Å². The quantitative estimate of drug-likeness (QED) is 0.870. The molecule has 0 saturated carbocycles. The van der Waals surface area contributed by atoms with Gasteiger partial charge in [-0.05, 0) is 18.1 Å². The van der Waals surface area contributed by atoms with Crippen LogP contribution in [0.15, 0.2) is 24.3 Å². The molecule has 95 valence electrons. The number of aromatic nitrogens is 1. The van der Waals surface area contributed by atoms with E-state index in [1.165, 1.54) is 0 Å². The fraction of sp³-hybridized carbons (Fsp3) is 0.167. The van der Waals surface area contributed by atoms with Gasteiger partial charge in [-0.25, -0.2) is 0 Å². The predicted octanol–water partition coefficient (Wildman–Crippen LogP) is 2.58. The number of nitrogens with two attached hydrogens (primary N) is 1. The first-order chi connectivity index (χ1) is 8.38. The van der Waals surface area contributed by atoms with Crippen molar-refractivity contribution in [2.45, 2.75) is 12.6 Å². The van der Waals surface area contributed by atoms with Gasteiger partial charge in [-0.15, -0.1) is 0 Å². The molecule has 2 rings (SSSR count). The molecule has 1 aromatic heterocycles. The summed E-state index contributed by atoms with van der Waals surface area (Å²) >= 11 is 0. The zero-order chi connectivity index (χ0) is 13.3. The number of nitrogens with one attached hydrogen (secondary N) is 1. The second kappa shape index (κ2) is 4.36. The van der Waals surface area contributed by atoms with Gasteiger partial charge in [-0.1, -0.05) is 18.2 Å². The number of benzene rings is 1. The summed E-state index contributed by atoms with van der Waals surface area (Å²) in [4.78, 5) is 13.9. The fourth-order valence-corrected chi connectivity index (χ4v) is 1.84. The van der Waals surface area contributed by atoms with Crippen LogP contribution in [0, 0.1) is 6.42 Å². The van der Waals surface area contributed by atoms with Crippen molar-refractivity contribution >= 4 is 16.8 Å². The van der Waals surface area contributed by atoms with Gasteiger partial charge in [0.25, 0.3) is 5.91 Å². The highest BCUT2D eigenvalue weighted by Gasteiger charge is 2.29. The molecule has 0 unspecified atom stereocenters. The first-order valence-electron chi connectivity index (χ1n) is 5.19. The van der Waals surface area contributed by atoms with E-state index >= 15 is 0 Å². The van der Waals surface area contributed by atoms with Gasteiger partial charge in [-0.2, -0.15) is 13.2 Å². The Morgan fingerprint density at radius 1 is 1.33 bits per heavy atom. The predicted molar refractivity (Wildman–Crippen MR) is 60.9 cm³/mol. The number of alkyl halides is 3. The van der Waals surface area contributed by atoms with E-state index in [1.807, 2.05) is 0 Å². The lowest BCUT2D eigenvalue weighted by Gasteiger charge is -2.05. The molecule has 6 heteroatoms. The highest BCUT2D eigenvalue weighted by Crippen LogP contribution is 2.27. The van der Waals surface area contributed by atoms with Gasteiger partial charge in [-0.3, -0.25) is 4.79 Å². The van der Waals surface area contributed by atoms with Crippen LogP contribution < -0.4 is 5.73 Å². The summed E-state index contributed by atoms with van der Waals surface area (Å²) in [5, 5.41) is 0.576. The van der Waals surface area contributed by atoms with E-state index < -0.39 is 12.1 Å². The second-order valence-electron chi connectivity index (χ2n) is 3.84. The summed E-state index contributed by atoms with van der Waals surface area (Å²) < 4.78 is 36.6. The third-order valence-electron chi connectivity index (χ3n) is 2.60. The van der Waals surface area contributed by atoms with Crippen molar-refractivity contribution in [2.24, 2.45) is 5.73 Å². The molecule has 1 aromatic carbocycles. The Balaban J connectivity index is 2.45. The Labute approximate surface area is 101 Å². The smallest absolute Gasteiger partial charge is 0.364 e. The number of carbonyl (C=O) groups is 1. The molecule has 18 heavy (non-hydrogen) atoms. The number of amides is 1. The summed E-state index contributed by atoms with van der Waals surface area (Å²) in [6.07, 6.45) is -4.56. The molecular weight excluding hydrogens is 245 g/mol. The SMILES string of the molecule is NC(=O)c1[nH]c2ccccc2c1C[CH]C(F)(F)F. The van der Waals surface area contributed by atoms with Crippen molar-refractivity contribution in [2.75, 3.05) is 0 Å². The van der Waals surface area contributed by atoms with Crippen LogP contribution in [0.25, 0.3) is 10.9 Å². The Hall–Kier alpha value is -1.98. The summed E-state index contributed by atoms with van der Waals surface area (Å²) in [7, 11) is 0. The van der Waals surface area contributed by atoms with E-state index in [9.17, 15) is 18.0 Å². The van der Waals surface area contributed by atoms with Crippen LogP contribution in [0.3, 0.4) is 0 Å². The van der Waals surface area contributed by atoms with E-state index in [0.717, 1.165) is 0 Å². The molecule has 0 atom stereocenters. The number of hydrogen-bond donors (Lipinski definition) is 2. The maximum Gasteiger partial charge on any atom is 0.392 e. The molecule has 0 aliphatic carbocycles. The molecule has 3 nitrogen and oxygen atoms in total. The highest BCUT2D eigenvalue weighted by atomic mass is 19.4. The van der Waals surface area contributed by atoms with E-state index in [4.69, 9.17) is 5.73 Å². The molecule has 1 amide bonds. The van der Waals surface area contributed by atoms with Crippen molar-refractivity contribution in [1.29, 1.82) is 0 Å². The minimum atomic E-state index is -4.38. The first kappa shape index (κ1) is 12.5. The third kappa shape index (κ3) is 2.47. The molecule has 1 radical (unpaired) electrons. The Morgan fingerprint density at radius 2 is 2.00 bits per heavy atom.